The summed E-state index contributed by atoms with van der Waals surface area (Å²) in [6, 6.07) is 4.76. The molecule has 6 atom stereocenters. The second kappa shape index (κ2) is 9.89. The van der Waals surface area contributed by atoms with Gasteiger partial charge in [-0.15, -0.1) is 0 Å². The Balaban J connectivity index is 1.25. The van der Waals surface area contributed by atoms with Gasteiger partial charge in [-0.2, -0.15) is 0 Å². The molecular formula is C32H40BrN5O5. The highest BCUT2D eigenvalue weighted by molar-refractivity contribution is 9.10. The van der Waals surface area contributed by atoms with Gasteiger partial charge < -0.3 is 20.3 Å². The van der Waals surface area contributed by atoms with Crippen molar-refractivity contribution in [3.05, 3.63) is 40.0 Å². The lowest BCUT2D eigenvalue weighted by Gasteiger charge is -2.49. The number of rotatable bonds is 5. The zero-order valence-corrected chi connectivity index (χ0v) is 26.9. The summed E-state index contributed by atoms with van der Waals surface area (Å²) in [5, 5.41) is 16.3. The molecule has 5 heterocycles. The van der Waals surface area contributed by atoms with Crippen molar-refractivity contribution in [3.63, 3.8) is 0 Å². The normalized spacial score (nSPS) is 33.7. The number of halogens is 1. The van der Waals surface area contributed by atoms with E-state index in [1.54, 1.807) is 18.7 Å². The van der Waals surface area contributed by atoms with Gasteiger partial charge in [0.25, 0.3) is 11.8 Å². The zero-order chi connectivity index (χ0) is 30.6. The van der Waals surface area contributed by atoms with E-state index in [2.05, 4.69) is 43.3 Å². The fraction of sp³-hybridized carbons (Fsp3) is 0.594. The number of carbonyl (C=O) groups is 3. The average molecular weight is 655 g/mol. The Labute approximate surface area is 259 Å². The molecule has 0 spiro atoms. The number of aliphatic hydroxyl groups is 1. The first-order valence-corrected chi connectivity index (χ1v) is 16.3. The Bertz CT molecular complexity index is 1570. The smallest absolute Gasteiger partial charge is 0.281 e. The highest BCUT2D eigenvalue weighted by Crippen LogP contribution is 2.49. The van der Waals surface area contributed by atoms with E-state index in [4.69, 9.17) is 4.74 Å². The number of fused-ring (bicyclic) bond motifs is 5. The maximum atomic E-state index is 14.4. The molecule has 43 heavy (non-hydrogen) atoms. The van der Waals surface area contributed by atoms with Crippen LogP contribution in [0.3, 0.4) is 0 Å². The summed E-state index contributed by atoms with van der Waals surface area (Å²) < 4.78 is 7.43. The number of hydrogen-bond donors (Lipinski definition) is 3. The number of likely N-dealkylation sites (N-methyl/N-ethyl adjacent to an activating group) is 1. The minimum Gasteiger partial charge on any atom is -0.349 e. The molecule has 0 saturated carbocycles. The van der Waals surface area contributed by atoms with Crippen LogP contribution in [0.5, 0.6) is 0 Å². The maximum absolute atomic E-state index is 14.4. The molecule has 4 aliphatic heterocycles. The van der Waals surface area contributed by atoms with Crippen molar-refractivity contribution in [1.29, 1.82) is 0 Å². The Morgan fingerprint density at radius 1 is 1.26 bits per heavy atom. The van der Waals surface area contributed by atoms with Crippen molar-refractivity contribution in [2.75, 3.05) is 20.1 Å². The van der Waals surface area contributed by atoms with Crippen LogP contribution in [0.1, 0.15) is 58.1 Å². The first-order chi connectivity index (χ1) is 20.4. The molecule has 11 heteroatoms. The molecule has 7 rings (SSSR count). The lowest BCUT2D eigenvalue weighted by molar-refractivity contribution is -0.322. The van der Waals surface area contributed by atoms with Crippen molar-refractivity contribution in [3.8, 4) is 0 Å². The lowest BCUT2D eigenvalue weighted by atomic mass is 9.79. The Kier molecular flexibility index (Phi) is 6.67. The number of amides is 3. The van der Waals surface area contributed by atoms with Crippen LogP contribution in [0, 0.1) is 17.8 Å². The number of ether oxygens (including phenoxy) is 1. The molecule has 0 radical (unpaired) electrons. The van der Waals surface area contributed by atoms with Gasteiger partial charge in [-0.3, -0.25) is 28.9 Å². The summed E-state index contributed by atoms with van der Waals surface area (Å²) in [5.74, 6) is -4.01. The standard InChI is InChI=1S/C32H40BrN5O5/c1-16(2)12-24-29(40)37-11-7-10-25(37)32(42)38(24)30(41)31(43-32,17(3)4)35-28(39)18-13-20-19-8-6-9-22-26(19)21(27(33)34-22)14-23(20)36(5)15-18/h6,8-9,13,16-18,23-25,34,42H,7,10-12,14-15H2,1-5H3,(H,35,39)/t18-,23+,24-,25-,31-,32+/m1/s1. The van der Waals surface area contributed by atoms with Crippen LogP contribution in [0.4, 0.5) is 0 Å². The first kappa shape index (κ1) is 29.0. The van der Waals surface area contributed by atoms with Crippen LogP contribution in [-0.4, -0.2) is 92.4 Å². The molecule has 1 aromatic heterocycles. The third kappa shape index (κ3) is 4.04. The Morgan fingerprint density at radius 3 is 2.74 bits per heavy atom. The van der Waals surface area contributed by atoms with Crippen molar-refractivity contribution in [1.82, 2.24) is 25.0 Å². The number of H-pyrrole nitrogens is 1. The monoisotopic (exact) mass is 653 g/mol. The molecule has 0 unspecified atom stereocenters. The molecule has 3 amide bonds. The molecule has 5 aliphatic rings. The van der Waals surface area contributed by atoms with Gasteiger partial charge in [-0.25, -0.2) is 0 Å². The van der Waals surface area contributed by atoms with E-state index in [1.807, 2.05) is 33.0 Å². The quantitative estimate of drug-likeness (QED) is 0.456. The number of aromatic nitrogens is 1. The lowest BCUT2D eigenvalue weighted by Crippen LogP contribution is -2.71. The van der Waals surface area contributed by atoms with Crippen LogP contribution in [0.2, 0.25) is 0 Å². The number of carbonyl (C=O) groups excluding carboxylic acids is 3. The topological polar surface area (TPSA) is 118 Å². The van der Waals surface area contributed by atoms with Crippen molar-refractivity contribution in [2.45, 2.75) is 83.1 Å². The number of aromatic amines is 1. The molecule has 3 saturated heterocycles. The fourth-order valence-corrected chi connectivity index (χ4v) is 8.72. The maximum Gasteiger partial charge on any atom is 0.281 e. The molecule has 2 aromatic rings. The third-order valence-electron chi connectivity index (χ3n) is 10.3. The van der Waals surface area contributed by atoms with E-state index >= 15 is 0 Å². The summed E-state index contributed by atoms with van der Waals surface area (Å²) in [6.07, 6.45) is 4.49. The average Bonchev–Trinajstić information content (AvgIpc) is 3.63. The second-order valence-electron chi connectivity index (χ2n) is 13.7. The number of hydrogen-bond acceptors (Lipinski definition) is 6. The fourth-order valence-electron chi connectivity index (χ4n) is 8.15. The zero-order valence-electron chi connectivity index (χ0n) is 25.3. The van der Waals surface area contributed by atoms with E-state index in [9.17, 15) is 19.5 Å². The molecule has 3 N–H and O–H groups in total. The van der Waals surface area contributed by atoms with Crippen molar-refractivity contribution >= 4 is 50.1 Å². The summed E-state index contributed by atoms with van der Waals surface area (Å²) in [6.45, 7) is 8.57. The Morgan fingerprint density at radius 2 is 2.02 bits per heavy atom. The highest BCUT2D eigenvalue weighted by atomic mass is 79.9. The van der Waals surface area contributed by atoms with E-state index < -0.39 is 41.5 Å². The van der Waals surface area contributed by atoms with Crippen LogP contribution in [0.25, 0.3) is 16.5 Å². The number of nitrogens with one attached hydrogen (secondary N) is 2. The van der Waals surface area contributed by atoms with Crippen LogP contribution < -0.4 is 5.32 Å². The van der Waals surface area contributed by atoms with Gasteiger partial charge in [-0.05, 0) is 77.3 Å². The Hall–Kier alpha value is -2.73. The third-order valence-corrected chi connectivity index (χ3v) is 10.9. The van der Waals surface area contributed by atoms with Crippen LogP contribution in [0.15, 0.2) is 28.9 Å². The molecular weight excluding hydrogens is 614 g/mol. The summed E-state index contributed by atoms with van der Waals surface area (Å²) >= 11 is 3.70. The highest BCUT2D eigenvalue weighted by Gasteiger charge is 2.72. The number of nitrogens with zero attached hydrogens (tertiary/aromatic N) is 3. The van der Waals surface area contributed by atoms with Gasteiger partial charge in [0.2, 0.25) is 17.5 Å². The van der Waals surface area contributed by atoms with Gasteiger partial charge >= 0.3 is 0 Å². The van der Waals surface area contributed by atoms with Gasteiger partial charge in [0.1, 0.15) is 12.1 Å². The van der Waals surface area contributed by atoms with E-state index in [1.165, 1.54) is 15.8 Å². The predicted octanol–water partition coefficient (Wildman–Crippen LogP) is 3.19. The van der Waals surface area contributed by atoms with Gasteiger partial charge in [-0.1, -0.05) is 45.9 Å². The summed E-state index contributed by atoms with van der Waals surface area (Å²) in [4.78, 5) is 50.8. The minimum atomic E-state index is -2.01. The molecule has 0 bridgehead atoms. The first-order valence-electron chi connectivity index (χ1n) is 15.5. The largest absolute Gasteiger partial charge is 0.349 e. The second-order valence-corrected chi connectivity index (χ2v) is 14.5. The van der Waals surface area contributed by atoms with Gasteiger partial charge in [0, 0.05) is 36.0 Å². The summed E-state index contributed by atoms with van der Waals surface area (Å²) in [5.41, 5.74) is 2.68. The molecule has 3 fully saturated rings. The molecule has 10 nitrogen and oxygen atoms in total. The SMILES string of the molecule is CC(C)C[C@@H]1C(=O)N2CCC[C@@H]2[C@]2(O)O[C@](NC(=O)[C@@H]3C=C4c5cccc6[nH]c(Br)c(c56)C[C@@H]4N(C)C3)(C(C)C)C(=O)N12. The van der Waals surface area contributed by atoms with Crippen molar-refractivity contribution < 1.29 is 24.2 Å². The van der Waals surface area contributed by atoms with E-state index in [0.717, 1.165) is 34.1 Å². The van der Waals surface area contributed by atoms with Crippen LogP contribution >= 0.6 is 15.9 Å². The van der Waals surface area contributed by atoms with Crippen molar-refractivity contribution in [2.24, 2.45) is 17.8 Å². The molecule has 1 aromatic carbocycles. The molecule has 230 valence electrons. The number of piperazine rings is 1. The van der Waals surface area contributed by atoms with E-state index in [-0.39, 0.29) is 23.8 Å². The molecule has 1 aliphatic carbocycles. The minimum absolute atomic E-state index is 0.104. The van der Waals surface area contributed by atoms with Crippen LogP contribution in [-0.2, 0) is 25.5 Å². The predicted molar refractivity (Wildman–Crippen MR) is 164 cm³/mol. The van der Waals surface area contributed by atoms with Gasteiger partial charge in [0.05, 0.1) is 10.5 Å². The van der Waals surface area contributed by atoms with E-state index in [0.29, 0.717) is 25.9 Å². The van der Waals surface area contributed by atoms with Gasteiger partial charge in [0.15, 0.2) is 0 Å². The number of benzene rings is 1. The summed E-state index contributed by atoms with van der Waals surface area (Å²) in [7, 11) is 2.03.